The first-order valence-corrected chi connectivity index (χ1v) is 8.70. The van der Waals surface area contributed by atoms with Gasteiger partial charge in [0.05, 0.1) is 26.0 Å². The first kappa shape index (κ1) is 17.7. The van der Waals surface area contributed by atoms with Gasteiger partial charge in [0.1, 0.15) is 0 Å². The molecule has 6 nitrogen and oxygen atoms in total. The number of hydrogen-bond donors (Lipinski definition) is 2. The number of aromatic hydroxyl groups is 2. The van der Waals surface area contributed by atoms with Gasteiger partial charge >= 0.3 is 0 Å². The van der Waals surface area contributed by atoms with Crippen LogP contribution in [0.25, 0.3) is 6.08 Å². The Bertz CT molecular complexity index is 1100. The Hall–Kier alpha value is -3.67. The standard InChI is InChI=1S/C22H19NO5/c1-27-19-7-5-13(11-17(19)24)10-15-21(23-9-3-4-16(23)22(15)26)14-6-8-20(28-2)18(25)12-14/h3-12,21,24-25H,1-2H3/b15-10+. The van der Waals surface area contributed by atoms with Crippen molar-refractivity contribution in [2.24, 2.45) is 0 Å². The zero-order valence-corrected chi connectivity index (χ0v) is 15.4. The van der Waals surface area contributed by atoms with Crippen LogP contribution in [0.15, 0.2) is 60.3 Å². The molecule has 1 aromatic heterocycles. The third-order valence-corrected chi connectivity index (χ3v) is 4.89. The minimum absolute atomic E-state index is 0.000509. The van der Waals surface area contributed by atoms with E-state index in [4.69, 9.17) is 9.47 Å². The summed E-state index contributed by atoms with van der Waals surface area (Å²) in [6.07, 6.45) is 3.59. The average Bonchev–Trinajstić information content (AvgIpc) is 3.25. The number of aromatic nitrogens is 1. The predicted octanol–water partition coefficient (Wildman–Crippen LogP) is 3.79. The number of nitrogens with zero attached hydrogens (tertiary/aromatic N) is 1. The fraction of sp³-hybridized carbons (Fsp3) is 0.136. The molecule has 1 unspecified atom stereocenters. The van der Waals surface area contributed by atoms with Gasteiger partial charge in [-0.05, 0) is 53.6 Å². The molecule has 0 bridgehead atoms. The van der Waals surface area contributed by atoms with E-state index in [2.05, 4.69) is 0 Å². The predicted molar refractivity (Wildman–Crippen MR) is 104 cm³/mol. The van der Waals surface area contributed by atoms with Gasteiger partial charge < -0.3 is 24.3 Å². The molecular formula is C22H19NO5. The van der Waals surface area contributed by atoms with E-state index in [-0.39, 0.29) is 17.3 Å². The van der Waals surface area contributed by atoms with Crippen molar-refractivity contribution in [1.82, 2.24) is 4.57 Å². The number of carbonyl (C=O) groups excluding carboxylic acids is 1. The van der Waals surface area contributed by atoms with Crippen LogP contribution in [0.4, 0.5) is 0 Å². The molecule has 28 heavy (non-hydrogen) atoms. The normalized spacial score (nSPS) is 17.0. The van der Waals surface area contributed by atoms with Crippen molar-refractivity contribution in [3.05, 3.63) is 77.1 Å². The lowest BCUT2D eigenvalue weighted by molar-refractivity contribution is 0.103. The van der Waals surface area contributed by atoms with E-state index in [0.29, 0.717) is 28.3 Å². The lowest BCUT2D eigenvalue weighted by Gasteiger charge is -2.17. The Morgan fingerprint density at radius 2 is 1.64 bits per heavy atom. The highest BCUT2D eigenvalue weighted by Crippen LogP contribution is 2.40. The highest BCUT2D eigenvalue weighted by Gasteiger charge is 2.35. The second-order valence-corrected chi connectivity index (χ2v) is 6.49. The number of benzene rings is 2. The minimum Gasteiger partial charge on any atom is -0.504 e. The van der Waals surface area contributed by atoms with Crippen LogP contribution in [0.1, 0.15) is 27.7 Å². The number of methoxy groups -OCH3 is 2. The summed E-state index contributed by atoms with van der Waals surface area (Å²) in [5.74, 6) is 0.643. The zero-order chi connectivity index (χ0) is 19.8. The lowest BCUT2D eigenvalue weighted by Crippen LogP contribution is -2.07. The van der Waals surface area contributed by atoms with Crippen LogP contribution in [0.5, 0.6) is 23.0 Å². The zero-order valence-electron chi connectivity index (χ0n) is 15.4. The summed E-state index contributed by atoms with van der Waals surface area (Å²) >= 11 is 0. The fourth-order valence-corrected chi connectivity index (χ4v) is 3.57. The Kier molecular flexibility index (Phi) is 4.31. The molecule has 2 aromatic carbocycles. The Labute approximate surface area is 161 Å². The summed E-state index contributed by atoms with van der Waals surface area (Å²) in [5.41, 5.74) is 2.55. The van der Waals surface area contributed by atoms with Crippen LogP contribution in [0.3, 0.4) is 0 Å². The molecule has 1 atom stereocenters. The van der Waals surface area contributed by atoms with Crippen molar-refractivity contribution in [2.45, 2.75) is 6.04 Å². The van der Waals surface area contributed by atoms with Crippen LogP contribution in [0, 0.1) is 0 Å². The number of hydrogen-bond acceptors (Lipinski definition) is 5. The molecule has 6 heteroatoms. The third-order valence-electron chi connectivity index (χ3n) is 4.89. The molecule has 0 fully saturated rings. The van der Waals surface area contributed by atoms with Crippen LogP contribution in [0.2, 0.25) is 0 Å². The molecule has 3 aromatic rings. The van der Waals surface area contributed by atoms with Crippen LogP contribution >= 0.6 is 0 Å². The summed E-state index contributed by atoms with van der Waals surface area (Å²) < 4.78 is 12.1. The number of Topliss-reactive ketones (excluding diaryl/α,β-unsaturated/α-hetero) is 1. The molecule has 2 N–H and O–H groups in total. The molecule has 0 radical (unpaired) electrons. The van der Waals surface area contributed by atoms with E-state index in [1.165, 1.54) is 14.2 Å². The quantitative estimate of drug-likeness (QED) is 0.676. The van der Waals surface area contributed by atoms with E-state index >= 15 is 0 Å². The van der Waals surface area contributed by atoms with Gasteiger partial charge in [-0.25, -0.2) is 0 Å². The number of allylic oxidation sites excluding steroid dienone is 1. The average molecular weight is 377 g/mol. The molecule has 0 saturated carbocycles. The minimum atomic E-state index is -0.390. The molecular weight excluding hydrogens is 358 g/mol. The maximum absolute atomic E-state index is 13.0. The number of rotatable bonds is 4. The summed E-state index contributed by atoms with van der Waals surface area (Å²) in [7, 11) is 2.96. The van der Waals surface area contributed by atoms with Gasteiger partial charge in [-0.15, -0.1) is 0 Å². The van der Waals surface area contributed by atoms with Gasteiger partial charge in [0, 0.05) is 11.8 Å². The molecule has 0 amide bonds. The Balaban J connectivity index is 1.83. The van der Waals surface area contributed by atoms with Gasteiger partial charge in [0.2, 0.25) is 5.78 Å². The van der Waals surface area contributed by atoms with Crippen molar-refractivity contribution in [2.75, 3.05) is 14.2 Å². The van der Waals surface area contributed by atoms with Crippen molar-refractivity contribution in [3.63, 3.8) is 0 Å². The molecule has 1 aliphatic heterocycles. The van der Waals surface area contributed by atoms with Gasteiger partial charge in [-0.1, -0.05) is 12.1 Å². The summed E-state index contributed by atoms with van der Waals surface area (Å²) in [5, 5.41) is 20.3. The number of fused-ring (bicyclic) bond motifs is 1. The highest BCUT2D eigenvalue weighted by molar-refractivity contribution is 6.14. The number of phenolic OH excluding ortho intramolecular Hbond substituents is 2. The summed E-state index contributed by atoms with van der Waals surface area (Å²) in [4.78, 5) is 13.0. The molecule has 4 rings (SSSR count). The second kappa shape index (κ2) is 6.81. The molecule has 0 spiro atoms. The second-order valence-electron chi connectivity index (χ2n) is 6.49. The van der Waals surface area contributed by atoms with Crippen molar-refractivity contribution < 1.29 is 24.5 Å². The fourth-order valence-electron chi connectivity index (χ4n) is 3.57. The van der Waals surface area contributed by atoms with E-state index in [9.17, 15) is 15.0 Å². The first-order chi connectivity index (χ1) is 13.5. The van der Waals surface area contributed by atoms with Gasteiger partial charge in [-0.3, -0.25) is 4.79 Å². The number of carbonyl (C=O) groups is 1. The van der Waals surface area contributed by atoms with Crippen molar-refractivity contribution in [1.29, 1.82) is 0 Å². The molecule has 0 saturated heterocycles. The SMILES string of the molecule is COc1ccc(/C=C2/C(=O)c3cccn3C2c2ccc(OC)c(O)c2)cc1O. The van der Waals surface area contributed by atoms with Gasteiger partial charge in [0.25, 0.3) is 0 Å². The number of phenols is 2. The highest BCUT2D eigenvalue weighted by atomic mass is 16.5. The smallest absolute Gasteiger partial charge is 0.207 e. The van der Waals surface area contributed by atoms with Gasteiger partial charge in [-0.2, -0.15) is 0 Å². The maximum atomic E-state index is 13.0. The van der Waals surface area contributed by atoms with E-state index in [1.807, 2.05) is 22.9 Å². The van der Waals surface area contributed by atoms with E-state index in [1.54, 1.807) is 42.5 Å². The number of ether oxygens (including phenoxy) is 2. The van der Waals surface area contributed by atoms with Crippen molar-refractivity contribution >= 4 is 11.9 Å². The largest absolute Gasteiger partial charge is 0.504 e. The van der Waals surface area contributed by atoms with Crippen LogP contribution < -0.4 is 9.47 Å². The van der Waals surface area contributed by atoms with E-state index in [0.717, 1.165) is 5.56 Å². The molecule has 142 valence electrons. The topological polar surface area (TPSA) is 80.9 Å². The van der Waals surface area contributed by atoms with Gasteiger partial charge in [0.15, 0.2) is 23.0 Å². The monoisotopic (exact) mass is 377 g/mol. The maximum Gasteiger partial charge on any atom is 0.207 e. The molecule has 2 heterocycles. The third kappa shape index (κ3) is 2.79. The summed E-state index contributed by atoms with van der Waals surface area (Å²) in [6.45, 7) is 0. The lowest BCUT2D eigenvalue weighted by atomic mass is 9.95. The van der Waals surface area contributed by atoms with E-state index < -0.39 is 6.04 Å². The molecule has 1 aliphatic rings. The Morgan fingerprint density at radius 3 is 2.29 bits per heavy atom. The Morgan fingerprint density at radius 1 is 0.964 bits per heavy atom. The number of ketones is 1. The van der Waals surface area contributed by atoms with Crippen molar-refractivity contribution in [3.8, 4) is 23.0 Å². The molecule has 0 aliphatic carbocycles. The van der Waals surface area contributed by atoms with Crippen LogP contribution in [-0.4, -0.2) is 34.8 Å². The summed E-state index contributed by atoms with van der Waals surface area (Å²) in [6, 6.07) is 13.3. The first-order valence-electron chi connectivity index (χ1n) is 8.70. The van der Waals surface area contributed by atoms with Crippen LogP contribution in [-0.2, 0) is 0 Å².